The number of hydrogen-bond donors (Lipinski definition) is 2. The van der Waals surface area contributed by atoms with Crippen LogP contribution in [0.25, 0.3) is 10.8 Å². The first-order chi connectivity index (χ1) is 10.2. The Morgan fingerprint density at radius 2 is 1.81 bits per heavy atom. The second-order valence-electron chi connectivity index (χ2n) is 4.60. The largest absolute Gasteiger partial charge is 0.507 e. The number of anilines is 1. The Hall–Kier alpha value is -2.33. The molecule has 0 radical (unpaired) electrons. The van der Waals surface area contributed by atoms with Gasteiger partial charge in [0.15, 0.2) is 0 Å². The van der Waals surface area contributed by atoms with Crippen molar-refractivity contribution in [3.05, 3.63) is 70.7 Å². The third-order valence-electron chi connectivity index (χ3n) is 3.16. The summed E-state index contributed by atoms with van der Waals surface area (Å²) in [6, 6.07) is 19.2. The number of nitrogens with zero attached hydrogens (tertiary/aromatic N) is 1. The predicted octanol–water partition coefficient (Wildman–Crippen LogP) is 4.75. The summed E-state index contributed by atoms with van der Waals surface area (Å²) >= 11 is 3.45. The molecule has 3 nitrogen and oxygen atoms in total. The van der Waals surface area contributed by atoms with Crippen LogP contribution in [0.1, 0.15) is 5.56 Å². The van der Waals surface area contributed by atoms with Crippen molar-refractivity contribution in [2.75, 3.05) is 5.43 Å². The highest BCUT2D eigenvalue weighted by Crippen LogP contribution is 2.28. The SMILES string of the molecule is Oc1ccc2cc(Br)ccc2c1C=NNc1ccccc1. The first-order valence-electron chi connectivity index (χ1n) is 6.49. The Labute approximate surface area is 131 Å². The molecule has 0 unspecified atom stereocenters. The number of phenolic OH excluding ortho intramolecular Hbond substituents is 1. The lowest BCUT2D eigenvalue weighted by Crippen LogP contribution is -1.92. The number of benzene rings is 3. The molecule has 0 heterocycles. The Kier molecular flexibility index (Phi) is 3.88. The van der Waals surface area contributed by atoms with E-state index in [-0.39, 0.29) is 5.75 Å². The zero-order valence-electron chi connectivity index (χ0n) is 11.1. The Balaban J connectivity index is 1.94. The molecule has 0 spiro atoms. The van der Waals surface area contributed by atoms with Gasteiger partial charge >= 0.3 is 0 Å². The highest BCUT2D eigenvalue weighted by molar-refractivity contribution is 9.10. The van der Waals surface area contributed by atoms with Crippen LogP contribution in [0.15, 0.2) is 70.2 Å². The van der Waals surface area contributed by atoms with E-state index < -0.39 is 0 Å². The maximum atomic E-state index is 10.0. The predicted molar refractivity (Wildman–Crippen MR) is 91.0 cm³/mol. The Bertz CT molecular complexity index is 800. The van der Waals surface area contributed by atoms with Crippen molar-refractivity contribution in [1.29, 1.82) is 0 Å². The molecular formula is C17H13BrN2O. The van der Waals surface area contributed by atoms with Crippen LogP contribution in [0.2, 0.25) is 0 Å². The van der Waals surface area contributed by atoms with Gasteiger partial charge in [-0.15, -0.1) is 0 Å². The molecule has 0 aliphatic heterocycles. The van der Waals surface area contributed by atoms with E-state index >= 15 is 0 Å². The van der Waals surface area contributed by atoms with Gasteiger partial charge in [-0.2, -0.15) is 5.10 Å². The maximum Gasteiger partial charge on any atom is 0.125 e. The molecule has 3 aromatic carbocycles. The zero-order valence-corrected chi connectivity index (χ0v) is 12.7. The normalized spacial score (nSPS) is 11.1. The van der Waals surface area contributed by atoms with Crippen LogP contribution >= 0.6 is 15.9 Å². The van der Waals surface area contributed by atoms with E-state index in [1.165, 1.54) is 0 Å². The van der Waals surface area contributed by atoms with Gasteiger partial charge in [-0.25, -0.2) is 0 Å². The molecule has 0 aliphatic carbocycles. The number of nitrogens with one attached hydrogen (secondary N) is 1. The minimum absolute atomic E-state index is 0.212. The van der Waals surface area contributed by atoms with Gasteiger partial charge in [0.1, 0.15) is 5.75 Å². The van der Waals surface area contributed by atoms with Crippen LogP contribution in [-0.4, -0.2) is 11.3 Å². The topological polar surface area (TPSA) is 44.6 Å². The Morgan fingerprint density at radius 1 is 1.00 bits per heavy atom. The van der Waals surface area contributed by atoms with E-state index in [0.29, 0.717) is 5.56 Å². The summed E-state index contributed by atoms with van der Waals surface area (Å²) in [7, 11) is 0. The minimum atomic E-state index is 0.212. The number of hydrogen-bond acceptors (Lipinski definition) is 3. The number of fused-ring (bicyclic) bond motifs is 1. The lowest BCUT2D eigenvalue weighted by Gasteiger charge is -2.06. The molecule has 0 atom stereocenters. The summed E-state index contributed by atoms with van der Waals surface area (Å²) in [6.45, 7) is 0. The lowest BCUT2D eigenvalue weighted by molar-refractivity contribution is 0.475. The molecule has 0 aromatic heterocycles. The highest BCUT2D eigenvalue weighted by Gasteiger charge is 2.05. The van der Waals surface area contributed by atoms with Gasteiger partial charge in [0.05, 0.1) is 11.9 Å². The maximum absolute atomic E-state index is 10.0. The summed E-state index contributed by atoms with van der Waals surface area (Å²) in [6.07, 6.45) is 1.64. The van der Waals surface area contributed by atoms with Gasteiger partial charge in [-0.1, -0.05) is 46.3 Å². The fourth-order valence-electron chi connectivity index (χ4n) is 2.13. The molecule has 0 aliphatic rings. The molecular weight excluding hydrogens is 328 g/mol. The average Bonchev–Trinajstić information content (AvgIpc) is 2.50. The highest BCUT2D eigenvalue weighted by atomic mass is 79.9. The molecule has 0 fully saturated rings. The van der Waals surface area contributed by atoms with Crippen molar-refractivity contribution >= 4 is 38.6 Å². The van der Waals surface area contributed by atoms with Crippen LogP contribution in [0.4, 0.5) is 5.69 Å². The first kappa shape index (κ1) is 13.6. The fourth-order valence-corrected chi connectivity index (χ4v) is 2.51. The van der Waals surface area contributed by atoms with Crippen LogP contribution in [0.5, 0.6) is 5.75 Å². The average molecular weight is 341 g/mol. The number of phenols is 1. The summed E-state index contributed by atoms with van der Waals surface area (Å²) in [5, 5.41) is 16.2. The van der Waals surface area contributed by atoms with E-state index in [2.05, 4.69) is 26.5 Å². The number of rotatable bonds is 3. The molecule has 0 bridgehead atoms. The van der Waals surface area contributed by atoms with Gasteiger partial charge in [0.25, 0.3) is 0 Å². The van der Waals surface area contributed by atoms with Gasteiger partial charge < -0.3 is 5.11 Å². The lowest BCUT2D eigenvalue weighted by atomic mass is 10.0. The molecule has 2 N–H and O–H groups in total. The minimum Gasteiger partial charge on any atom is -0.507 e. The van der Waals surface area contributed by atoms with Crippen molar-refractivity contribution in [3.8, 4) is 5.75 Å². The van der Waals surface area contributed by atoms with Gasteiger partial charge in [-0.05, 0) is 41.1 Å². The number of hydrazone groups is 1. The van der Waals surface area contributed by atoms with Crippen molar-refractivity contribution in [3.63, 3.8) is 0 Å². The molecule has 3 aromatic rings. The van der Waals surface area contributed by atoms with Crippen LogP contribution in [0, 0.1) is 0 Å². The van der Waals surface area contributed by atoms with E-state index in [1.54, 1.807) is 12.3 Å². The van der Waals surface area contributed by atoms with E-state index in [9.17, 15) is 5.11 Å². The van der Waals surface area contributed by atoms with Gasteiger partial charge in [0.2, 0.25) is 0 Å². The number of para-hydroxylation sites is 1. The van der Waals surface area contributed by atoms with Crippen molar-refractivity contribution in [1.82, 2.24) is 0 Å². The van der Waals surface area contributed by atoms with Crippen molar-refractivity contribution in [2.45, 2.75) is 0 Å². The van der Waals surface area contributed by atoms with E-state index in [4.69, 9.17) is 0 Å². The van der Waals surface area contributed by atoms with E-state index in [1.807, 2.05) is 54.6 Å². The summed E-state index contributed by atoms with van der Waals surface area (Å²) < 4.78 is 1.01. The fraction of sp³-hybridized carbons (Fsp3) is 0. The number of halogens is 1. The summed E-state index contributed by atoms with van der Waals surface area (Å²) in [4.78, 5) is 0. The second kappa shape index (κ2) is 5.97. The monoisotopic (exact) mass is 340 g/mol. The third kappa shape index (κ3) is 3.06. The van der Waals surface area contributed by atoms with Gasteiger partial charge in [0, 0.05) is 10.0 Å². The van der Waals surface area contributed by atoms with Crippen LogP contribution in [0.3, 0.4) is 0 Å². The van der Waals surface area contributed by atoms with Crippen molar-refractivity contribution < 1.29 is 5.11 Å². The van der Waals surface area contributed by atoms with Gasteiger partial charge in [-0.3, -0.25) is 5.43 Å². The molecule has 0 amide bonds. The smallest absolute Gasteiger partial charge is 0.125 e. The second-order valence-corrected chi connectivity index (χ2v) is 5.52. The van der Waals surface area contributed by atoms with E-state index in [0.717, 1.165) is 20.9 Å². The Morgan fingerprint density at radius 3 is 2.62 bits per heavy atom. The molecule has 104 valence electrons. The van der Waals surface area contributed by atoms with Crippen LogP contribution in [-0.2, 0) is 0 Å². The standard InChI is InChI=1S/C17H13BrN2O/c18-13-7-8-15-12(10-13)6-9-17(21)16(15)11-19-20-14-4-2-1-3-5-14/h1-11,20-21H. The third-order valence-corrected chi connectivity index (χ3v) is 3.65. The quantitative estimate of drug-likeness (QED) is 0.533. The summed E-state index contributed by atoms with van der Waals surface area (Å²) in [5.41, 5.74) is 4.54. The molecule has 3 rings (SSSR count). The first-order valence-corrected chi connectivity index (χ1v) is 7.29. The number of aromatic hydroxyl groups is 1. The van der Waals surface area contributed by atoms with Crippen LogP contribution < -0.4 is 5.43 Å². The molecule has 0 saturated carbocycles. The molecule has 4 heteroatoms. The molecule has 0 saturated heterocycles. The zero-order chi connectivity index (χ0) is 14.7. The summed E-state index contributed by atoms with van der Waals surface area (Å²) in [5.74, 6) is 0.212. The molecule has 21 heavy (non-hydrogen) atoms. The van der Waals surface area contributed by atoms with Crippen molar-refractivity contribution in [2.24, 2.45) is 5.10 Å².